The fourth-order valence-electron chi connectivity index (χ4n) is 2.50. The van der Waals surface area contributed by atoms with E-state index >= 15 is 0 Å². The van der Waals surface area contributed by atoms with Gasteiger partial charge in [0, 0.05) is 31.7 Å². The van der Waals surface area contributed by atoms with E-state index in [1.54, 1.807) is 42.2 Å². The van der Waals surface area contributed by atoms with Gasteiger partial charge in [-0.3, -0.25) is 0 Å². The van der Waals surface area contributed by atoms with Crippen LogP contribution in [-0.4, -0.2) is 40.3 Å². The van der Waals surface area contributed by atoms with E-state index in [9.17, 15) is 14.3 Å². The molecule has 2 aromatic rings. The third kappa shape index (κ3) is 3.71. The summed E-state index contributed by atoms with van der Waals surface area (Å²) in [5, 5.41) is 12.6. The number of nitrogens with one attached hydrogen (secondary N) is 1. The molecular weight excluding hydrogens is 297 g/mol. The Morgan fingerprint density at radius 3 is 2.78 bits per heavy atom. The minimum absolute atomic E-state index is 0.294. The number of likely N-dealkylation sites (N-methyl/N-ethyl adjacent to an activating group) is 1. The van der Waals surface area contributed by atoms with Gasteiger partial charge in [0.25, 0.3) is 0 Å². The molecule has 1 saturated carbocycles. The van der Waals surface area contributed by atoms with Crippen LogP contribution >= 0.6 is 0 Å². The van der Waals surface area contributed by atoms with Crippen molar-refractivity contribution in [1.29, 1.82) is 0 Å². The molecule has 2 N–H and O–H groups in total. The van der Waals surface area contributed by atoms with Gasteiger partial charge in [0.1, 0.15) is 5.82 Å². The average molecular weight is 317 g/mol. The van der Waals surface area contributed by atoms with Crippen molar-refractivity contribution in [3.05, 3.63) is 48.5 Å². The van der Waals surface area contributed by atoms with Crippen LogP contribution in [-0.2, 0) is 0 Å². The van der Waals surface area contributed by atoms with E-state index in [2.05, 4.69) is 5.32 Å². The number of urea groups is 1. The second kappa shape index (κ2) is 6.42. The summed E-state index contributed by atoms with van der Waals surface area (Å²) in [5.41, 5.74) is 0.876. The molecule has 122 valence electrons. The Bertz CT molecular complexity index is 683. The van der Waals surface area contributed by atoms with Gasteiger partial charge in [0.05, 0.1) is 11.8 Å². The van der Waals surface area contributed by atoms with Crippen molar-refractivity contribution in [2.24, 2.45) is 5.92 Å². The number of hydrogen-bond donors (Lipinski definition) is 2. The molecule has 0 spiro atoms. The zero-order chi connectivity index (χ0) is 16.4. The molecule has 0 unspecified atom stereocenters. The van der Waals surface area contributed by atoms with Crippen molar-refractivity contribution in [2.75, 3.05) is 18.9 Å². The highest BCUT2D eigenvalue weighted by Crippen LogP contribution is 2.32. The first-order valence-corrected chi connectivity index (χ1v) is 7.67. The smallest absolute Gasteiger partial charge is 0.321 e. The molecule has 5 nitrogen and oxygen atoms in total. The van der Waals surface area contributed by atoms with Crippen molar-refractivity contribution in [2.45, 2.75) is 18.9 Å². The van der Waals surface area contributed by atoms with Crippen LogP contribution in [0.1, 0.15) is 12.8 Å². The van der Waals surface area contributed by atoms with Gasteiger partial charge < -0.3 is 19.9 Å². The van der Waals surface area contributed by atoms with Crippen molar-refractivity contribution >= 4 is 11.7 Å². The van der Waals surface area contributed by atoms with E-state index in [1.165, 1.54) is 17.0 Å². The topological polar surface area (TPSA) is 57.5 Å². The summed E-state index contributed by atoms with van der Waals surface area (Å²) >= 11 is 0. The number of halogens is 1. The number of amides is 2. The van der Waals surface area contributed by atoms with Crippen LogP contribution in [0.2, 0.25) is 0 Å². The van der Waals surface area contributed by atoms with Crippen LogP contribution in [0.15, 0.2) is 42.7 Å². The van der Waals surface area contributed by atoms with E-state index in [1.807, 2.05) is 0 Å². The van der Waals surface area contributed by atoms with Crippen molar-refractivity contribution in [3.63, 3.8) is 0 Å². The maximum absolute atomic E-state index is 13.9. The van der Waals surface area contributed by atoms with Gasteiger partial charge in [-0.2, -0.15) is 0 Å². The minimum atomic E-state index is -0.477. The highest BCUT2D eigenvalue weighted by molar-refractivity contribution is 5.89. The molecule has 6 heteroatoms. The van der Waals surface area contributed by atoms with Crippen LogP contribution in [0.4, 0.5) is 14.9 Å². The molecule has 0 bridgehead atoms. The number of nitrogens with zero attached hydrogens (tertiary/aromatic N) is 2. The number of aromatic nitrogens is 1. The van der Waals surface area contributed by atoms with Gasteiger partial charge in [0.15, 0.2) is 0 Å². The summed E-state index contributed by atoms with van der Waals surface area (Å²) < 4.78 is 15.6. The van der Waals surface area contributed by atoms with E-state index in [4.69, 9.17) is 0 Å². The summed E-state index contributed by atoms with van der Waals surface area (Å²) in [6, 6.07) is 7.71. The molecule has 23 heavy (non-hydrogen) atoms. The minimum Gasteiger partial charge on any atom is -0.391 e. The SMILES string of the molecule is CN(C[C@H](O)C1CC1)C(=O)Nc1ccc(F)c(-n2cccc2)c1. The fraction of sp³-hybridized carbons (Fsp3) is 0.353. The Balaban J connectivity index is 1.67. The third-order valence-electron chi connectivity index (χ3n) is 4.05. The van der Waals surface area contributed by atoms with Crippen LogP contribution < -0.4 is 5.32 Å². The highest BCUT2D eigenvalue weighted by Gasteiger charge is 2.31. The number of aliphatic hydroxyl groups is 1. The number of anilines is 1. The van der Waals surface area contributed by atoms with Crippen LogP contribution in [0.5, 0.6) is 0 Å². The standard InChI is InChI=1S/C17H20FN3O2/c1-20(11-16(22)12-4-5-12)17(23)19-13-6-7-14(18)15(10-13)21-8-2-3-9-21/h2-3,6-10,12,16,22H,4-5,11H2,1H3,(H,19,23)/t16-/m0/s1. The number of hydrogen-bond acceptors (Lipinski definition) is 2. The summed E-state index contributed by atoms with van der Waals surface area (Å²) in [5.74, 6) is -0.0480. The molecule has 1 aromatic carbocycles. The molecule has 1 aliphatic rings. The van der Waals surface area contributed by atoms with E-state index < -0.39 is 6.10 Å². The first kappa shape index (κ1) is 15.6. The number of carbonyl (C=O) groups excluding carboxylic acids is 1. The van der Waals surface area contributed by atoms with Gasteiger partial charge in [-0.1, -0.05) is 0 Å². The van der Waals surface area contributed by atoms with Gasteiger partial charge in [-0.05, 0) is 49.1 Å². The molecule has 0 aliphatic heterocycles. The largest absolute Gasteiger partial charge is 0.391 e. The summed E-state index contributed by atoms with van der Waals surface area (Å²) in [7, 11) is 1.64. The molecule has 1 heterocycles. The molecular formula is C17H20FN3O2. The van der Waals surface area contributed by atoms with Crippen LogP contribution in [0.3, 0.4) is 0 Å². The monoisotopic (exact) mass is 317 g/mol. The molecule has 1 aliphatic carbocycles. The molecule has 1 fully saturated rings. The Hall–Kier alpha value is -2.34. The molecule has 2 amide bonds. The van der Waals surface area contributed by atoms with Gasteiger partial charge in [0.2, 0.25) is 0 Å². The number of benzene rings is 1. The lowest BCUT2D eigenvalue weighted by atomic mass is 10.2. The Kier molecular flexibility index (Phi) is 4.34. The average Bonchev–Trinajstić information content (AvgIpc) is 3.25. The number of carbonyl (C=O) groups is 1. The lowest BCUT2D eigenvalue weighted by molar-refractivity contribution is 0.117. The van der Waals surface area contributed by atoms with Gasteiger partial charge >= 0.3 is 6.03 Å². The number of rotatable bonds is 5. The van der Waals surface area contributed by atoms with E-state index in [0.717, 1.165) is 12.8 Å². The molecule has 1 atom stereocenters. The summed E-state index contributed by atoms with van der Waals surface area (Å²) in [4.78, 5) is 13.6. The number of aliphatic hydroxyl groups excluding tert-OH is 1. The molecule has 3 rings (SSSR count). The first-order chi connectivity index (χ1) is 11.0. The lowest BCUT2D eigenvalue weighted by Gasteiger charge is -2.21. The maximum Gasteiger partial charge on any atom is 0.321 e. The van der Waals surface area contributed by atoms with Crippen LogP contribution in [0.25, 0.3) is 5.69 Å². The van der Waals surface area contributed by atoms with Crippen LogP contribution in [0, 0.1) is 11.7 Å². The summed E-state index contributed by atoms with van der Waals surface area (Å²) in [6.07, 6.45) is 5.04. The zero-order valence-corrected chi connectivity index (χ0v) is 12.9. The predicted octanol–water partition coefficient (Wildman–Crippen LogP) is 2.85. The summed E-state index contributed by atoms with van der Waals surface area (Å²) in [6.45, 7) is 0.294. The van der Waals surface area contributed by atoms with Gasteiger partial charge in [-0.25, -0.2) is 9.18 Å². The van der Waals surface area contributed by atoms with Crippen molar-refractivity contribution < 1.29 is 14.3 Å². The van der Waals surface area contributed by atoms with E-state index in [0.29, 0.717) is 23.8 Å². The molecule has 0 radical (unpaired) electrons. The maximum atomic E-state index is 13.9. The van der Waals surface area contributed by atoms with Crippen molar-refractivity contribution in [1.82, 2.24) is 9.47 Å². The third-order valence-corrected chi connectivity index (χ3v) is 4.05. The molecule has 0 saturated heterocycles. The van der Waals surface area contributed by atoms with Crippen molar-refractivity contribution in [3.8, 4) is 5.69 Å². The first-order valence-electron chi connectivity index (χ1n) is 7.67. The quantitative estimate of drug-likeness (QED) is 0.891. The predicted molar refractivity (Wildman–Crippen MR) is 86.1 cm³/mol. The highest BCUT2D eigenvalue weighted by atomic mass is 19.1. The zero-order valence-electron chi connectivity index (χ0n) is 12.9. The second-order valence-corrected chi connectivity index (χ2v) is 5.97. The van der Waals surface area contributed by atoms with E-state index in [-0.39, 0.29) is 11.8 Å². The Morgan fingerprint density at radius 2 is 2.13 bits per heavy atom. The second-order valence-electron chi connectivity index (χ2n) is 5.97. The van der Waals surface area contributed by atoms with Gasteiger partial charge in [-0.15, -0.1) is 0 Å². The Labute approximate surface area is 134 Å². The fourth-order valence-corrected chi connectivity index (χ4v) is 2.50. The molecule has 1 aromatic heterocycles. The normalized spacial score (nSPS) is 15.3. The Morgan fingerprint density at radius 1 is 1.43 bits per heavy atom. The lowest BCUT2D eigenvalue weighted by Crippen LogP contribution is -2.38.